The van der Waals surface area contributed by atoms with Crippen LogP contribution >= 0.6 is 11.8 Å². The normalized spacial score (nSPS) is 20.5. The number of nitrogens with zero attached hydrogens (tertiary/aromatic N) is 2. The first-order valence-corrected chi connectivity index (χ1v) is 13.6. The van der Waals surface area contributed by atoms with Crippen LogP contribution in [0.2, 0.25) is 0 Å². The van der Waals surface area contributed by atoms with Gasteiger partial charge in [0, 0.05) is 24.4 Å². The molecular formula is C29H31N3O5S. The molecule has 0 aromatic heterocycles. The second-order valence-corrected chi connectivity index (χ2v) is 10.1. The minimum absolute atomic E-state index is 0.0656. The van der Waals surface area contributed by atoms with Gasteiger partial charge in [0.2, 0.25) is 5.91 Å². The summed E-state index contributed by atoms with van der Waals surface area (Å²) in [6.45, 7) is 3.20. The maximum atomic E-state index is 13.6. The number of aliphatic imine (C=N–C) groups is 1. The standard InChI is InChI=1S/C29H31N3O5S/c1-19-26(28(34)37-17-20-9-4-3-5-10-20)27(23-12-6-7-13-24(23)35-2)32-21(18-38-29(32)31-19)15-25(33)30-16-22-11-8-14-36-22/h3-7,9-10,12-13,18,22,27H,8,11,14-17H2,1-2H3,(H,30,33)/t22-,27+/m1/s1. The van der Waals surface area contributed by atoms with E-state index < -0.39 is 12.0 Å². The highest BCUT2D eigenvalue weighted by Gasteiger charge is 2.42. The molecule has 9 heteroatoms. The molecule has 0 saturated carbocycles. The third kappa shape index (κ3) is 5.63. The number of methoxy groups -OCH3 is 1. The quantitative estimate of drug-likeness (QED) is 0.468. The van der Waals surface area contributed by atoms with E-state index in [2.05, 4.69) is 5.32 Å². The van der Waals surface area contributed by atoms with E-state index in [1.165, 1.54) is 11.8 Å². The number of ether oxygens (including phenoxy) is 3. The first-order chi connectivity index (χ1) is 18.5. The molecule has 1 amide bonds. The molecule has 2 aromatic rings. The van der Waals surface area contributed by atoms with Crippen molar-refractivity contribution in [3.8, 4) is 5.75 Å². The highest BCUT2D eigenvalue weighted by atomic mass is 32.2. The Hall–Kier alpha value is -3.56. The molecule has 0 radical (unpaired) electrons. The van der Waals surface area contributed by atoms with E-state index in [0.717, 1.165) is 36.3 Å². The van der Waals surface area contributed by atoms with Crippen LogP contribution in [-0.4, -0.2) is 48.3 Å². The number of para-hydroxylation sites is 1. The fraction of sp³-hybridized carbons (Fsp3) is 0.345. The summed E-state index contributed by atoms with van der Waals surface area (Å²) in [5, 5.41) is 5.63. The molecule has 2 aromatic carbocycles. The Bertz CT molecular complexity index is 1280. The van der Waals surface area contributed by atoms with Gasteiger partial charge in [-0.15, -0.1) is 0 Å². The smallest absolute Gasteiger partial charge is 0.338 e. The van der Waals surface area contributed by atoms with Crippen molar-refractivity contribution < 1.29 is 23.8 Å². The first kappa shape index (κ1) is 26.1. The Morgan fingerprint density at radius 2 is 1.95 bits per heavy atom. The average Bonchev–Trinajstić information content (AvgIpc) is 3.60. The molecule has 3 heterocycles. The van der Waals surface area contributed by atoms with Gasteiger partial charge in [0.1, 0.15) is 12.4 Å². The molecule has 3 aliphatic rings. The van der Waals surface area contributed by atoms with Crippen molar-refractivity contribution in [2.24, 2.45) is 4.99 Å². The highest BCUT2D eigenvalue weighted by Crippen LogP contribution is 2.46. The molecule has 0 aliphatic carbocycles. The molecule has 0 bridgehead atoms. The van der Waals surface area contributed by atoms with E-state index in [1.54, 1.807) is 7.11 Å². The number of fused-ring (bicyclic) bond motifs is 1. The van der Waals surface area contributed by atoms with Gasteiger partial charge >= 0.3 is 5.97 Å². The van der Waals surface area contributed by atoms with Crippen molar-refractivity contribution in [1.82, 2.24) is 10.2 Å². The second-order valence-electron chi connectivity index (χ2n) is 9.31. The predicted octanol–water partition coefficient (Wildman–Crippen LogP) is 4.70. The lowest BCUT2D eigenvalue weighted by Gasteiger charge is -2.36. The lowest BCUT2D eigenvalue weighted by molar-refractivity contribution is -0.141. The molecule has 38 heavy (non-hydrogen) atoms. The molecule has 1 saturated heterocycles. The van der Waals surface area contributed by atoms with Gasteiger partial charge in [-0.3, -0.25) is 4.79 Å². The minimum atomic E-state index is -0.561. The number of rotatable bonds is 9. The molecule has 0 spiro atoms. The zero-order chi connectivity index (χ0) is 26.5. The number of esters is 1. The predicted molar refractivity (Wildman–Crippen MR) is 146 cm³/mol. The van der Waals surface area contributed by atoms with Crippen molar-refractivity contribution in [2.45, 2.75) is 44.9 Å². The zero-order valence-electron chi connectivity index (χ0n) is 21.5. The van der Waals surface area contributed by atoms with Crippen molar-refractivity contribution >= 4 is 28.8 Å². The van der Waals surface area contributed by atoms with Crippen LogP contribution in [0.3, 0.4) is 0 Å². The second kappa shape index (κ2) is 11.9. The van der Waals surface area contributed by atoms with E-state index >= 15 is 0 Å². The van der Waals surface area contributed by atoms with Crippen LogP contribution in [0.4, 0.5) is 0 Å². The van der Waals surface area contributed by atoms with Crippen molar-refractivity contribution in [3.63, 3.8) is 0 Å². The molecule has 0 unspecified atom stereocenters. The Morgan fingerprint density at radius 3 is 2.71 bits per heavy atom. The number of nitrogens with one attached hydrogen (secondary N) is 1. The maximum Gasteiger partial charge on any atom is 0.338 e. The molecule has 3 aliphatic heterocycles. The molecule has 198 valence electrons. The number of thioether (sulfide) groups is 1. The first-order valence-electron chi connectivity index (χ1n) is 12.7. The molecule has 1 fully saturated rings. The van der Waals surface area contributed by atoms with Gasteiger partial charge in [-0.1, -0.05) is 60.3 Å². The maximum absolute atomic E-state index is 13.6. The van der Waals surface area contributed by atoms with Crippen LogP contribution in [0, 0.1) is 0 Å². The van der Waals surface area contributed by atoms with Gasteiger partial charge in [-0.2, -0.15) is 0 Å². The average molecular weight is 534 g/mol. The zero-order valence-corrected chi connectivity index (χ0v) is 22.3. The van der Waals surface area contributed by atoms with Crippen LogP contribution in [0.1, 0.15) is 43.4 Å². The van der Waals surface area contributed by atoms with Crippen LogP contribution < -0.4 is 10.1 Å². The lowest BCUT2D eigenvalue weighted by Crippen LogP contribution is -2.39. The molecule has 2 atom stereocenters. The molecular weight excluding hydrogens is 502 g/mol. The molecule has 8 nitrogen and oxygen atoms in total. The molecule has 1 N–H and O–H groups in total. The van der Waals surface area contributed by atoms with E-state index in [-0.39, 0.29) is 25.0 Å². The fourth-order valence-corrected chi connectivity index (χ4v) is 5.84. The Balaban J connectivity index is 1.42. The summed E-state index contributed by atoms with van der Waals surface area (Å²) >= 11 is 1.44. The summed E-state index contributed by atoms with van der Waals surface area (Å²) < 4.78 is 17.1. The largest absolute Gasteiger partial charge is 0.496 e. The third-order valence-electron chi connectivity index (χ3n) is 6.76. The van der Waals surface area contributed by atoms with Crippen molar-refractivity contribution in [1.29, 1.82) is 0 Å². The number of benzene rings is 2. The van der Waals surface area contributed by atoms with Crippen LogP contribution in [0.5, 0.6) is 5.75 Å². The lowest BCUT2D eigenvalue weighted by atomic mass is 9.93. The Kier molecular flexibility index (Phi) is 8.14. The minimum Gasteiger partial charge on any atom is -0.496 e. The Morgan fingerprint density at radius 1 is 1.16 bits per heavy atom. The Labute approximate surface area is 226 Å². The summed E-state index contributed by atoms with van der Waals surface area (Å²) in [4.78, 5) is 33.2. The van der Waals surface area contributed by atoms with Gasteiger partial charge in [-0.25, -0.2) is 9.79 Å². The number of carbonyl (C=O) groups is 2. The van der Waals surface area contributed by atoms with Crippen LogP contribution in [0.15, 0.2) is 82.0 Å². The van der Waals surface area contributed by atoms with Crippen LogP contribution in [-0.2, 0) is 25.7 Å². The summed E-state index contributed by atoms with van der Waals surface area (Å²) in [6, 6.07) is 16.6. The van der Waals surface area contributed by atoms with Crippen LogP contribution in [0.25, 0.3) is 0 Å². The number of hydrogen-bond donors (Lipinski definition) is 1. The van der Waals surface area contributed by atoms with E-state index in [9.17, 15) is 9.59 Å². The van der Waals surface area contributed by atoms with Gasteiger partial charge in [0.05, 0.1) is 36.9 Å². The monoisotopic (exact) mass is 533 g/mol. The van der Waals surface area contributed by atoms with Gasteiger partial charge in [0.15, 0.2) is 5.17 Å². The van der Waals surface area contributed by atoms with Gasteiger partial charge < -0.3 is 24.4 Å². The van der Waals surface area contributed by atoms with E-state index in [4.69, 9.17) is 19.2 Å². The number of amides is 1. The number of allylic oxidation sites excluding steroid dienone is 1. The van der Waals surface area contributed by atoms with Crippen molar-refractivity contribution in [3.05, 3.63) is 88.1 Å². The van der Waals surface area contributed by atoms with Gasteiger partial charge in [-0.05, 0) is 36.8 Å². The molecule has 5 rings (SSSR count). The van der Waals surface area contributed by atoms with E-state index in [1.807, 2.05) is 71.8 Å². The van der Waals surface area contributed by atoms with E-state index in [0.29, 0.717) is 28.7 Å². The summed E-state index contributed by atoms with van der Waals surface area (Å²) in [5.74, 6) is 0.0787. The SMILES string of the molecule is COc1ccccc1[C@H]1C(C(=O)OCc2ccccc2)=C(C)N=C2SC=C(CC(=O)NC[C@H]3CCCO3)N21. The summed E-state index contributed by atoms with van der Waals surface area (Å²) in [7, 11) is 1.61. The fourth-order valence-electron chi connectivity index (χ4n) is 4.88. The third-order valence-corrected chi connectivity index (χ3v) is 7.65. The topological polar surface area (TPSA) is 89.5 Å². The number of carbonyl (C=O) groups excluding carboxylic acids is 2. The number of amidine groups is 1. The van der Waals surface area contributed by atoms with Crippen molar-refractivity contribution in [2.75, 3.05) is 20.3 Å². The number of hydrogen-bond acceptors (Lipinski definition) is 8. The summed E-state index contributed by atoms with van der Waals surface area (Å²) in [5.41, 5.74) is 3.45. The highest BCUT2D eigenvalue weighted by molar-refractivity contribution is 8.16. The summed E-state index contributed by atoms with van der Waals surface area (Å²) in [6.07, 6.45) is 2.19. The van der Waals surface area contributed by atoms with Gasteiger partial charge in [0.25, 0.3) is 0 Å².